The smallest absolute Gasteiger partial charge is 0.416 e. The SMILES string of the molecule is COC(=O)C1=C(C)N(c2cccc(C(F)(F)F)c2)c2n[nH]c(=O)n2C1c1ccc(C#N)cc1C[N+](C)(C)Cc1ccccn1. The predicted molar refractivity (Wildman–Crippen MR) is 154 cm³/mol. The summed E-state index contributed by atoms with van der Waals surface area (Å²) in [4.78, 5) is 32.6. The van der Waals surface area contributed by atoms with Crippen molar-refractivity contribution in [1.29, 1.82) is 5.26 Å². The maximum atomic E-state index is 13.6. The molecule has 0 aliphatic carbocycles. The summed E-state index contributed by atoms with van der Waals surface area (Å²) in [5.74, 6) is -0.789. The summed E-state index contributed by atoms with van der Waals surface area (Å²) in [7, 11) is 5.17. The Kier molecular flexibility index (Phi) is 7.88. The molecule has 1 aliphatic rings. The highest BCUT2D eigenvalue weighted by molar-refractivity contribution is 5.93. The number of hydrogen-bond acceptors (Lipinski definition) is 7. The van der Waals surface area contributed by atoms with Crippen LogP contribution < -0.4 is 10.6 Å². The molecule has 0 amide bonds. The maximum Gasteiger partial charge on any atom is 0.416 e. The number of ether oxygens (including phenoxy) is 1. The topological polar surface area (TPSA) is 117 Å². The molecular weight excluding hydrogens is 575 g/mol. The molecule has 1 aliphatic heterocycles. The molecule has 0 fully saturated rings. The van der Waals surface area contributed by atoms with Gasteiger partial charge in [0.1, 0.15) is 19.1 Å². The van der Waals surface area contributed by atoms with Gasteiger partial charge in [-0.3, -0.25) is 9.88 Å². The lowest BCUT2D eigenvalue weighted by molar-refractivity contribution is -0.917. The number of H-pyrrole nitrogens is 1. The lowest BCUT2D eigenvalue weighted by atomic mass is 9.89. The minimum Gasteiger partial charge on any atom is -0.466 e. The van der Waals surface area contributed by atoms with Crippen molar-refractivity contribution < 1.29 is 27.2 Å². The molecule has 226 valence electrons. The Balaban J connectivity index is 1.71. The number of esters is 1. The molecule has 1 atom stereocenters. The van der Waals surface area contributed by atoms with Gasteiger partial charge < -0.3 is 9.22 Å². The fraction of sp³-hybridized carbons (Fsp3) is 0.258. The number of benzene rings is 2. The van der Waals surface area contributed by atoms with Gasteiger partial charge in [0.05, 0.1) is 49.7 Å². The zero-order chi connectivity index (χ0) is 31.8. The number of carbonyl (C=O) groups is 1. The number of nitriles is 1. The summed E-state index contributed by atoms with van der Waals surface area (Å²) < 4.78 is 47.7. The predicted octanol–water partition coefficient (Wildman–Crippen LogP) is 4.82. The minimum absolute atomic E-state index is 0.0120. The first-order chi connectivity index (χ1) is 20.8. The number of hydrogen-bond donors (Lipinski definition) is 1. The van der Waals surface area contributed by atoms with Gasteiger partial charge in [-0.05, 0) is 55.0 Å². The Labute approximate surface area is 250 Å². The van der Waals surface area contributed by atoms with Gasteiger partial charge in [0.2, 0.25) is 5.95 Å². The van der Waals surface area contributed by atoms with Crippen molar-refractivity contribution in [3.05, 3.63) is 117 Å². The van der Waals surface area contributed by atoms with E-state index in [1.54, 1.807) is 31.3 Å². The van der Waals surface area contributed by atoms with Crippen LogP contribution in [0.4, 0.5) is 24.8 Å². The third kappa shape index (κ3) is 5.71. The summed E-state index contributed by atoms with van der Waals surface area (Å²) in [5, 5.41) is 16.3. The molecule has 5 rings (SSSR count). The molecule has 4 aromatic rings. The Morgan fingerprint density at radius 2 is 1.89 bits per heavy atom. The fourth-order valence-corrected chi connectivity index (χ4v) is 5.60. The van der Waals surface area contributed by atoms with Crippen molar-refractivity contribution in [1.82, 2.24) is 19.7 Å². The molecule has 1 N–H and O–H groups in total. The van der Waals surface area contributed by atoms with Gasteiger partial charge >= 0.3 is 17.8 Å². The lowest BCUT2D eigenvalue weighted by Gasteiger charge is -2.37. The molecule has 44 heavy (non-hydrogen) atoms. The number of quaternary nitrogens is 1. The molecule has 1 unspecified atom stereocenters. The number of allylic oxidation sites excluding steroid dienone is 1. The molecule has 2 aromatic carbocycles. The molecule has 0 spiro atoms. The zero-order valence-electron chi connectivity index (χ0n) is 24.4. The number of halogens is 3. The van der Waals surface area contributed by atoms with E-state index in [4.69, 9.17) is 4.74 Å². The first kappa shape index (κ1) is 30.2. The number of carbonyl (C=O) groups excluding carboxylic acids is 1. The van der Waals surface area contributed by atoms with Crippen LogP contribution in [0.25, 0.3) is 0 Å². The first-order valence-electron chi connectivity index (χ1n) is 13.5. The second-order valence-corrected chi connectivity index (χ2v) is 11.1. The summed E-state index contributed by atoms with van der Waals surface area (Å²) >= 11 is 0. The van der Waals surface area contributed by atoms with E-state index in [0.717, 1.165) is 17.8 Å². The molecule has 0 saturated carbocycles. The lowest BCUT2D eigenvalue weighted by Crippen LogP contribution is -2.40. The summed E-state index contributed by atoms with van der Waals surface area (Å²) in [6, 6.07) is 16.2. The standard InChI is InChI=1S/C31H28F3N7O3/c1-19-26(28(42)44-4)27(40-29(37-38-30(40)43)39(19)24-10-7-8-22(15-24)31(32,33)34)25-12-11-20(16-35)14-21(25)17-41(2,3)18-23-9-5-6-13-36-23/h5-15,27H,17-18H2,1-4H3/p+1. The van der Waals surface area contributed by atoms with Crippen LogP contribution in [0.3, 0.4) is 0 Å². The second-order valence-electron chi connectivity index (χ2n) is 11.1. The van der Waals surface area contributed by atoms with Crippen molar-refractivity contribution in [2.75, 3.05) is 26.1 Å². The number of nitrogens with zero attached hydrogens (tertiary/aromatic N) is 6. The molecule has 3 heterocycles. The molecule has 10 nitrogen and oxygen atoms in total. The molecule has 0 bridgehead atoms. The van der Waals surface area contributed by atoms with E-state index < -0.39 is 29.4 Å². The van der Waals surface area contributed by atoms with E-state index in [1.807, 2.05) is 32.3 Å². The fourth-order valence-electron chi connectivity index (χ4n) is 5.60. The average Bonchev–Trinajstić information content (AvgIpc) is 3.36. The van der Waals surface area contributed by atoms with Crippen LogP contribution in [0.5, 0.6) is 0 Å². The van der Waals surface area contributed by atoms with Crippen LogP contribution >= 0.6 is 0 Å². The van der Waals surface area contributed by atoms with Crippen LogP contribution in [0.2, 0.25) is 0 Å². The highest BCUT2D eigenvalue weighted by Crippen LogP contribution is 2.44. The largest absolute Gasteiger partial charge is 0.466 e. The van der Waals surface area contributed by atoms with E-state index in [0.29, 0.717) is 34.3 Å². The van der Waals surface area contributed by atoms with Crippen LogP contribution in [-0.4, -0.2) is 51.4 Å². The third-order valence-corrected chi connectivity index (χ3v) is 7.46. The van der Waals surface area contributed by atoms with Crippen molar-refractivity contribution in [2.45, 2.75) is 32.2 Å². The number of methoxy groups -OCH3 is 1. The molecule has 0 saturated heterocycles. The average molecular weight is 605 g/mol. The quantitative estimate of drug-likeness (QED) is 0.238. The summed E-state index contributed by atoms with van der Waals surface area (Å²) in [5.41, 5.74) is 1.15. The molecular formula is C31H29F3N7O3+. The van der Waals surface area contributed by atoms with Gasteiger partial charge in [-0.15, -0.1) is 5.10 Å². The molecule has 0 radical (unpaired) electrons. The third-order valence-electron chi connectivity index (χ3n) is 7.46. The zero-order valence-corrected chi connectivity index (χ0v) is 24.4. The van der Waals surface area contributed by atoms with E-state index in [-0.39, 0.29) is 22.9 Å². The van der Waals surface area contributed by atoms with Crippen LogP contribution in [-0.2, 0) is 28.8 Å². The number of aromatic nitrogens is 4. The Bertz CT molecular complexity index is 1850. The number of anilines is 2. The van der Waals surface area contributed by atoms with Crippen LogP contribution in [0.15, 0.2) is 82.9 Å². The highest BCUT2D eigenvalue weighted by atomic mass is 19.4. The highest BCUT2D eigenvalue weighted by Gasteiger charge is 2.41. The van der Waals surface area contributed by atoms with Gasteiger partial charge in [0.15, 0.2) is 0 Å². The van der Waals surface area contributed by atoms with Crippen molar-refractivity contribution >= 4 is 17.6 Å². The minimum atomic E-state index is -4.62. The Morgan fingerprint density at radius 3 is 2.55 bits per heavy atom. The second kappa shape index (κ2) is 11.5. The number of nitrogens with one attached hydrogen (secondary N) is 1. The number of aromatic amines is 1. The normalized spacial score (nSPS) is 15.1. The van der Waals surface area contributed by atoms with Crippen LogP contribution in [0.1, 0.15) is 40.9 Å². The van der Waals surface area contributed by atoms with Gasteiger partial charge in [0.25, 0.3) is 0 Å². The van der Waals surface area contributed by atoms with E-state index >= 15 is 0 Å². The van der Waals surface area contributed by atoms with Gasteiger partial charge in [-0.25, -0.2) is 19.3 Å². The number of alkyl halides is 3. The van der Waals surface area contributed by atoms with Crippen molar-refractivity contribution in [2.24, 2.45) is 0 Å². The van der Waals surface area contributed by atoms with Crippen LogP contribution in [0, 0.1) is 11.3 Å². The Morgan fingerprint density at radius 1 is 1.11 bits per heavy atom. The Hall–Kier alpha value is -5.22. The number of rotatable bonds is 7. The maximum absolute atomic E-state index is 13.6. The van der Waals surface area contributed by atoms with Gasteiger partial charge in [-0.1, -0.05) is 18.2 Å². The summed E-state index contributed by atoms with van der Waals surface area (Å²) in [6.07, 6.45) is -2.92. The number of pyridine rings is 1. The molecule has 13 heteroatoms. The summed E-state index contributed by atoms with van der Waals surface area (Å²) in [6.45, 7) is 2.48. The number of fused-ring (bicyclic) bond motifs is 1. The van der Waals surface area contributed by atoms with Crippen molar-refractivity contribution in [3.63, 3.8) is 0 Å². The van der Waals surface area contributed by atoms with Gasteiger partial charge in [-0.2, -0.15) is 18.4 Å². The van der Waals surface area contributed by atoms with Crippen molar-refractivity contribution in [3.8, 4) is 6.07 Å². The molecule has 2 aromatic heterocycles. The monoisotopic (exact) mass is 604 g/mol. The van der Waals surface area contributed by atoms with E-state index in [2.05, 4.69) is 21.3 Å². The van der Waals surface area contributed by atoms with Gasteiger partial charge in [0, 0.05) is 23.1 Å². The first-order valence-corrected chi connectivity index (χ1v) is 13.5. The van der Waals surface area contributed by atoms with E-state index in [1.165, 1.54) is 28.7 Å². The van der Waals surface area contributed by atoms with E-state index in [9.17, 15) is 28.0 Å².